The average molecular weight is 646 g/mol. The molecule has 2 aromatic heterocycles. The highest BCUT2D eigenvalue weighted by Crippen LogP contribution is 2.31. The van der Waals surface area contributed by atoms with E-state index in [9.17, 15) is 18.0 Å². The number of primary sulfonamides is 1. The zero-order valence-corrected chi connectivity index (χ0v) is 27.2. The second-order valence-electron chi connectivity index (χ2n) is 10.3. The second kappa shape index (κ2) is 12.7. The van der Waals surface area contributed by atoms with Gasteiger partial charge in [0.2, 0.25) is 16.0 Å². The van der Waals surface area contributed by atoms with Crippen molar-refractivity contribution in [3.63, 3.8) is 0 Å². The van der Waals surface area contributed by atoms with Crippen LogP contribution in [0.3, 0.4) is 0 Å². The molecule has 0 saturated carbocycles. The van der Waals surface area contributed by atoms with Gasteiger partial charge in [0.25, 0.3) is 0 Å². The Bertz CT molecular complexity index is 2030. The smallest absolute Gasteiger partial charge is 0.421 e. The molecule has 45 heavy (non-hydrogen) atoms. The topological polar surface area (TPSA) is 154 Å². The average Bonchev–Trinajstić information content (AvgIpc) is 3.32. The minimum Gasteiger partial charge on any atom is -0.444 e. The number of carbonyl (C=O) groups excluding carboxylic acids is 2. The fourth-order valence-corrected chi connectivity index (χ4v) is 5.99. The Hall–Kier alpha value is -4.71. The van der Waals surface area contributed by atoms with E-state index in [0.29, 0.717) is 22.5 Å². The van der Waals surface area contributed by atoms with E-state index in [1.807, 2.05) is 55.5 Å². The molecule has 0 aliphatic carbocycles. The summed E-state index contributed by atoms with van der Waals surface area (Å²) in [6, 6.07) is 18.7. The third-order valence-electron chi connectivity index (χ3n) is 7.40. The number of amides is 1. The van der Waals surface area contributed by atoms with Gasteiger partial charge in [0.1, 0.15) is 12.4 Å². The van der Waals surface area contributed by atoms with Crippen molar-refractivity contribution in [2.45, 2.75) is 25.3 Å². The van der Waals surface area contributed by atoms with Crippen LogP contribution in [0, 0.1) is 13.8 Å². The number of fused-ring (bicyclic) bond motifs is 1. The Morgan fingerprint density at radius 3 is 2.40 bits per heavy atom. The fourth-order valence-electron chi connectivity index (χ4n) is 4.74. The number of carbonyl (C=O) groups is 2. The van der Waals surface area contributed by atoms with E-state index < -0.39 is 16.1 Å². The van der Waals surface area contributed by atoms with Crippen LogP contribution in [0.5, 0.6) is 0 Å². The number of benzene rings is 3. The monoisotopic (exact) mass is 645 g/mol. The summed E-state index contributed by atoms with van der Waals surface area (Å²) in [4.78, 5) is 37.4. The van der Waals surface area contributed by atoms with E-state index >= 15 is 0 Å². The fraction of sp³-hybridized carbons (Fsp3) is 0.194. The number of anilines is 4. The number of nitrogens with zero attached hydrogens (tertiary/aromatic N) is 6. The molecule has 232 valence electrons. The molecule has 0 bridgehead atoms. The number of hydrogen-bond acceptors (Lipinski definition) is 9. The van der Waals surface area contributed by atoms with Gasteiger partial charge in [0.05, 0.1) is 16.1 Å². The molecule has 2 heterocycles. The van der Waals surface area contributed by atoms with Crippen LogP contribution in [0.15, 0.2) is 77.8 Å². The Balaban J connectivity index is 1.50. The molecule has 2 N–H and O–H groups in total. The molecule has 0 aliphatic rings. The SMILES string of the molecule is CPC(=O)c1ccc(COC(=O)N(c2ccc(C)c(S(N)(=O)=O)c2)c2nccc(N(C)c3ccc4c(C)n(C)nc4c3)n2)cc1. The summed E-state index contributed by atoms with van der Waals surface area (Å²) in [5.74, 6) is 0.411. The molecule has 1 atom stereocenters. The van der Waals surface area contributed by atoms with Gasteiger partial charge >= 0.3 is 6.09 Å². The standard InChI is InChI=1S/C31H32N7O5PS/c1-19-6-11-24(17-27(19)45(32,41)42)38(31(40)43-18-21-7-9-22(10-8-21)29(39)44-5)30-33-15-14-28(34-30)36(3)23-12-13-25-20(2)37(4)35-26(25)16-23/h6-17,44H,18H2,1-5H3,(H2,32,41,42). The lowest BCUT2D eigenvalue weighted by molar-refractivity contribution is 0.108. The van der Waals surface area contributed by atoms with Crippen LogP contribution in [-0.2, 0) is 28.4 Å². The molecule has 3 aromatic carbocycles. The lowest BCUT2D eigenvalue weighted by atomic mass is 10.1. The van der Waals surface area contributed by atoms with Gasteiger partial charge in [-0.25, -0.2) is 28.2 Å². The number of aryl methyl sites for hydroxylation is 3. The normalized spacial score (nSPS) is 11.7. The van der Waals surface area contributed by atoms with Crippen molar-refractivity contribution in [3.8, 4) is 0 Å². The van der Waals surface area contributed by atoms with Crippen LogP contribution in [0.25, 0.3) is 10.9 Å². The molecule has 1 amide bonds. The van der Waals surface area contributed by atoms with E-state index in [2.05, 4.69) is 15.1 Å². The van der Waals surface area contributed by atoms with Crippen LogP contribution >= 0.6 is 8.58 Å². The Morgan fingerprint density at radius 2 is 1.71 bits per heavy atom. The largest absolute Gasteiger partial charge is 0.444 e. The van der Waals surface area contributed by atoms with Gasteiger partial charge in [0.15, 0.2) is 5.52 Å². The lowest BCUT2D eigenvalue weighted by Crippen LogP contribution is -2.29. The minimum absolute atomic E-state index is 0.0341. The van der Waals surface area contributed by atoms with Crippen molar-refractivity contribution in [3.05, 3.63) is 95.3 Å². The predicted octanol–water partition coefficient (Wildman–Crippen LogP) is 5.32. The summed E-state index contributed by atoms with van der Waals surface area (Å²) in [5.41, 5.74) is 4.49. The van der Waals surface area contributed by atoms with Crippen LogP contribution in [0.1, 0.15) is 27.2 Å². The molecule has 0 radical (unpaired) electrons. The van der Waals surface area contributed by atoms with Gasteiger partial charge in [-0.1, -0.05) is 30.3 Å². The molecule has 14 heteroatoms. The number of aromatic nitrogens is 4. The molecule has 5 rings (SSSR count). The van der Waals surface area contributed by atoms with E-state index in [1.54, 1.807) is 49.4 Å². The zero-order chi connectivity index (χ0) is 32.5. The van der Waals surface area contributed by atoms with Gasteiger partial charge in [-0.05, 0) is 76.6 Å². The van der Waals surface area contributed by atoms with E-state index in [-0.39, 0.29) is 37.2 Å². The number of hydrogen-bond donors (Lipinski definition) is 1. The van der Waals surface area contributed by atoms with E-state index in [1.165, 1.54) is 12.3 Å². The molecular formula is C31H32N7O5PS. The highest BCUT2D eigenvalue weighted by atomic mass is 32.2. The molecule has 5 aromatic rings. The summed E-state index contributed by atoms with van der Waals surface area (Å²) in [5, 5.41) is 11.1. The van der Waals surface area contributed by atoms with Crippen LogP contribution < -0.4 is 14.9 Å². The first-order valence-electron chi connectivity index (χ1n) is 13.8. The van der Waals surface area contributed by atoms with Crippen molar-refractivity contribution < 1.29 is 22.7 Å². The van der Waals surface area contributed by atoms with E-state index in [4.69, 9.17) is 9.88 Å². The first kappa shape index (κ1) is 31.7. The van der Waals surface area contributed by atoms with Gasteiger partial charge in [-0.15, -0.1) is 0 Å². The van der Waals surface area contributed by atoms with Crippen molar-refractivity contribution in [2.75, 3.05) is 23.5 Å². The molecule has 0 aliphatic heterocycles. The summed E-state index contributed by atoms with van der Waals surface area (Å²) < 4.78 is 32.1. The quantitative estimate of drug-likeness (QED) is 0.210. The first-order chi connectivity index (χ1) is 21.4. The van der Waals surface area contributed by atoms with Crippen LogP contribution in [0.2, 0.25) is 0 Å². The maximum Gasteiger partial charge on any atom is 0.421 e. The maximum absolute atomic E-state index is 13.7. The number of ether oxygens (including phenoxy) is 1. The Kier molecular flexibility index (Phi) is 8.96. The zero-order valence-electron chi connectivity index (χ0n) is 25.3. The van der Waals surface area contributed by atoms with Gasteiger partial charge in [-0.2, -0.15) is 10.1 Å². The van der Waals surface area contributed by atoms with Crippen molar-refractivity contribution in [1.29, 1.82) is 0 Å². The molecular weight excluding hydrogens is 613 g/mol. The van der Waals surface area contributed by atoms with Crippen molar-refractivity contribution >= 4 is 64.3 Å². The van der Waals surface area contributed by atoms with Gasteiger partial charge in [-0.3, -0.25) is 9.48 Å². The summed E-state index contributed by atoms with van der Waals surface area (Å²) >= 11 is 0. The minimum atomic E-state index is -4.11. The van der Waals surface area contributed by atoms with Gasteiger partial charge < -0.3 is 9.64 Å². The predicted molar refractivity (Wildman–Crippen MR) is 175 cm³/mol. The number of nitrogens with two attached hydrogens (primary N) is 1. The third-order valence-corrected chi connectivity index (χ3v) is 9.19. The molecule has 12 nitrogen and oxygen atoms in total. The summed E-state index contributed by atoms with van der Waals surface area (Å²) in [7, 11) is -0.255. The Labute approximate surface area is 262 Å². The highest BCUT2D eigenvalue weighted by molar-refractivity contribution is 7.89. The van der Waals surface area contributed by atoms with Crippen molar-refractivity contribution in [1.82, 2.24) is 19.7 Å². The Morgan fingerprint density at radius 1 is 1.00 bits per heavy atom. The van der Waals surface area contributed by atoms with Crippen LogP contribution in [0.4, 0.5) is 27.9 Å². The first-order valence-corrected chi connectivity index (χ1v) is 16.8. The van der Waals surface area contributed by atoms with E-state index in [0.717, 1.165) is 27.2 Å². The number of rotatable bonds is 9. The molecule has 0 saturated heterocycles. The number of sulfonamides is 1. The summed E-state index contributed by atoms with van der Waals surface area (Å²) in [6.07, 6.45) is 0.649. The summed E-state index contributed by atoms with van der Waals surface area (Å²) in [6.45, 7) is 5.30. The van der Waals surface area contributed by atoms with Crippen molar-refractivity contribution in [2.24, 2.45) is 12.2 Å². The molecule has 0 fully saturated rings. The maximum atomic E-state index is 13.7. The second-order valence-corrected chi connectivity index (χ2v) is 12.8. The lowest BCUT2D eigenvalue weighted by Gasteiger charge is -2.24. The molecule has 1 unspecified atom stereocenters. The molecule has 0 spiro atoms. The van der Waals surface area contributed by atoms with Gasteiger partial charge in [0, 0.05) is 42.6 Å². The van der Waals surface area contributed by atoms with Crippen LogP contribution in [-0.4, -0.2) is 53.5 Å². The third kappa shape index (κ3) is 6.70. The highest BCUT2D eigenvalue weighted by Gasteiger charge is 2.26.